The van der Waals surface area contributed by atoms with Crippen molar-refractivity contribution in [1.29, 1.82) is 0 Å². The minimum absolute atomic E-state index is 0.0638. The molecule has 4 aromatic rings. The number of aromatic amines is 1. The summed E-state index contributed by atoms with van der Waals surface area (Å²) in [6.07, 6.45) is 2.39. The molecule has 1 aliphatic rings. The predicted molar refractivity (Wildman–Crippen MR) is 144 cm³/mol. The van der Waals surface area contributed by atoms with Crippen LogP contribution in [-0.4, -0.2) is 53.5 Å². The third kappa shape index (κ3) is 5.57. The van der Waals surface area contributed by atoms with Gasteiger partial charge in [-0.05, 0) is 42.0 Å². The second-order valence-corrected chi connectivity index (χ2v) is 9.04. The molecule has 8 nitrogen and oxygen atoms in total. The van der Waals surface area contributed by atoms with Crippen LogP contribution >= 0.6 is 0 Å². The number of anilines is 3. The fourth-order valence-corrected chi connectivity index (χ4v) is 4.53. The van der Waals surface area contributed by atoms with Gasteiger partial charge in [0.15, 0.2) is 0 Å². The molecule has 0 saturated heterocycles. The van der Waals surface area contributed by atoms with Crippen LogP contribution in [0.1, 0.15) is 21.6 Å². The number of aromatic nitrogens is 2. The number of carbonyl (C=O) groups is 2. The van der Waals surface area contributed by atoms with Crippen LogP contribution in [0.15, 0.2) is 72.9 Å². The zero-order valence-corrected chi connectivity index (χ0v) is 21.0. The first-order valence-corrected chi connectivity index (χ1v) is 12.4. The maximum Gasteiger partial charge on any atom is 0.257 e. The van der Waals surface area contributed by atoms with Crippen LogP contribution in [-0.2, 0) is 22.4 Å². The number of nitrogens with zero attached hydrogens (tertiary/aromatic N) is 2. The molecule has 0 radical (unpaired) electrons. The highest BCUT2D eigenvalue weighted by Crippen LogP contribution is 2.38. The fourth-order valence-electron chi connectivity index (χ4n) is 4.53. The molecule has 3 heterocycles. The Morgan fingerprint density at radius 3 is 2.68 bits per heavy atom. The maximum atomic E-state index is 13.5. The van der Waals surface area contributed by atoms with Crippen molar-refractivity contribution in [3.63, 3.8) is 0 Å². The number of H-pyrrole nitrogens is 1. The second-order valence-electron chi connectivity index (χ2n) is 9.04. The van der Waals surface area contributed by atoms with Gasteiger partial charge in [0.05, 0.1) is 30.0 Å². The van der Waals surface area contributed by atoms with Gasteiger partial charge in [-0.2, -0.15) is 0 Å². The Kier molecular flexibility index (Phi) is 7.46. The number of nitrogens with one attached hydrogen (secondary N) is 3. The van der Waals surface area contributed by atoms with Gasteiger partial charge in [-0.25, -0.2) is 9.37 Å². The number of para-hydroxylation sites is 1. The molecule has 3 N–H and O–H groups in total. The Labute approximate surface area is 219 Å². The summed E-state index contributed by atoms with van der Waals surface area (Å²) in [5.74, 6) is -0.303. The number of ether oxygens (including phenoxy) is 1. The van der Waals surface area contributed by atoms with E-state index in [0.717, 1.165) is 22.6 Å². The largest absolute Gasteiger partial charge is 0.383 e. The minimum Gasteiger partial charge on any atom is -0.383 e. The maximum absolute atomic E-state index is 13.5. The van der Waals surface area contributed by atoms with Crippen LogP contribution in [0, 0.1) is 5.82 Å². The monoisotopic (exact) mass is 513 g/mol. The first-order chi connectivity index (χ1) is 18.5. The summed E-state index contributed by atoms with van der Waals surface area (Å²) in [6, 6.07) is 19.1. The molecule has 38 heavy (non-hydrogen) atoms. The van der Waals surface area contributed by atoms with E-state index >= 15 is 0 Å². The number of pyridine rings is 1. The number of fused-ring (bicyclic) bond motifs is 1. The Balaban J connectivity index is 1.45. The first kappa shape index (κ1) is 25.2. The van der Waals surface area contributed by atoms with Crippen molar-refractivity contribution in [3.8, 4) is 11.3 Å². The number of rotatable bonds is 9. The van der Waals surface area contributed by atoms with Gasteiger partial charge in [0.1, 0.15) is 11.6 Å². The SMILES string of the molecule is COCCN1CCc2[nH]c(-c3ccnc(NC(=O)Cc4ccc(F)cc4)c3)c(Nc3ccccc3)c2C1=O. The Hall–Kier alpha value is -4.50. The smallest absolute Gasteiger partial charge is 0.257 e. The summed E-state index contributed by atoms with van der Waals surface area (Å²) in [5, 5.41) is 6.25. The Morgan fingerprint density at radius 2 is 1.92 bits per heavy atom. The lowest BCUT2D eigenvalue weighted by atomic mass is 10.0. The molecule has 0 aliphatic carbocycles. The summed E-state index contributed by atoms with van der Waals surface area (Å²) in [5.41, 5.74) is 5.18. The molecular weight excluding hydrogens is 485 g/mol. The summed E-state index contributed by atoms with van der Waals surface area (Å²) < 4.78 is 18.4. The van der Waals surface area contributed by atoms with Crippen molar-refractivity contribution in [2.45, 2.75) is 12.8 Å². The van der Waals surface area contributed by atoms with Gasteiger partial charge in [0.2, 0.25) is 5.91 Å². The molecule has 0 atom stereocenters. The molecule has 0 fully saturated rings. The van der Waals surface area contributed by atoms with E-state index in [1.54, 1.807) is 36.4 Å². The van der Waals surface area contributed by atoms with Gasteiger partial charge in [-0.3, -0.25) is 9.59 Å². The topological polar surface area (TPSA) is 99.3 Å². The van der Waals surface area contributed by atoms with Crippen molar-refractivity contribution < 1.29 is 18.7 Å². The van der Waals surface area contributed by atoms with Crippen molar-refractivity contribution in [2.75, 3.05) is 37.4 Å². The molecule has 1 aliphatic heterocycles. The van der Waals surface area contributed by atoms with E-state index in [0.29, 0.717) is 48.7 Å². The zero-order valence-electron chi connectivity index (χ0n) is 21.0. The summed E-state index contributed by atoms with van der Waals surface area (Å²) in [6.45, 7) is 1.58. The summed E-state index contributed by atoms with van der Waals surface area (Å²) >= 11 is 0. The van der Waals surface area contributed by atoms with E-state index in [1.165, 1.54) is 12.1 Å². The Morgan fingerprint density at radius 1 is 1.13 bits per heavy atom. The lowest BCUT2D eigenvalue weighted by molar-refractivity contribution is -0.115. The number of carbonyl (C=O) groups excluding carboxylic acids is 2. The van der Waals surface area contributed by atoms with Gasteiger partial charge >= 0.3 is 0 Å². The van der Waals surface area contributed by atoms with Crippen LogP contribution in [0.25, 0.3) is 11.3 Å². The Bertz CT molecular complexity index is 1440. The normalized spacial score (nSPS) is 12.8. The quantitative estimate of drug-likeness (QED) is 0.299. The highest BCUT2D eigenvalue weighted by atomic mass is 19.1. The number of hydrogen-bond acceptors (Lipinski definition) is 5. The van der Waals surface area contributed by atoms with Crippen molar-refractivity contribution >= 4 is 29.0 Å². The average molecular weight is 514 g/mol. The van der Waals surface area contributed by atoms with Gasteiger partial charge in [0.25, 0.3) is 5.91 Å². The lowest BCUT2D eigenvalue weighted by Gasteiger charge is -2.27. The van der Waals surface area contributed by atoms with E-state index < -0.39 is 0 Å². The fraction of sp³-hybridized carbons (Fsp3) is 0.207. The number of amides is 2. The van der Waals surface area contributed by atoms with Crippen LogP contribution < -0.4 is 10.6 Å². The van der Waals surface area contributed by atoms with Gasteiger partial charge in [-0.15, -0.1) is 0 Å². The molecular formula is C29H28FN5O3. The predicted octanol–water partition coefficient (Wildman–Crippen LogP) is 4.79. The highest BCUT2D eigenvalue weighted by Gasteiger charge is 2.31. The lowest BCUT2D eigenvalue weighted by Crippen LogP contribution is -2.39. The van der Waals surface area contributed by atoms with E-state index in [4.69, 9.17) is 4.74 Å². The molecule has 0 saturated carbocycles. The van der Waals surface area contributed by atoms with Gasteiger partial charge < -0.3 is 25.3 Å². The van der Waals surface area contributed by atoms with Crippen LogP contribution in [0.2, 0.25) is 0 Å². The summed E-state index contributed by atoms with van der Waals surface area (Å²) in [4.78, 5) is 35.7. The average Bonchev–Trinajstić information content (AvgIpc) is 3.29. The molecule has 0 unspecified atom stereocenters. The summed E-state index contributed by atoms with van der Waals surface area (Å²) in [7, 11) is 1.62. The molecule has 9 heteroatoms. The molecule has 2 aromatic carbocycles. The number of methoxy groups -OCH3 is 1. The molecule has 0 spiro atoms. The third-order valence-corrected chi connectivity index (χ3v) is 6.41. The van der Waals surface area contributed by atoms with Crippen LogP contribution in [0.4, 0.5) is 21.6 Å². The van der Waals surface area contributed by atoms with E-state index in [9.17, 15) is 14.0 Å². The minimum atomic E-state index is -0.350. The standard InChI is InChI=1S/C29H28FN5O3/c1-38-16-15-35-14-12-23-26(29(35)37)28(32-22-5-3-2-4-6-22)27(33-23)20-11-13-31-24(18-20)34-25(36)17-19-7-9-21(30)10-8-19/h2-11,13,18,32-33H,12,14-17H2,1H3,(H,31,34,36). The third-order valence-electron chi connectivity index (χ3n) is 6.41. The molecule has 194 valence electrons. The number of halogens is 1. The van der Waals surface area contributed by atoms with Crippen LogP contribution in [0.3, 0.4) is 0 Å². The van der Waals surface area contributed by atoms with Crippen molar-refractivity contribution in [1.82, 2.24) is 14.9 Å². The van der Waals surface area contributed by atoms with Crippen LogP contribution in [0.5, 0.6) is 0 Å². The van der Waals surface area contributed by atoms with E-state index in [-0.39, 0.29) is 24.1 Å². The molecule has 0 bridgehead atoms. The first-order valence-electron chi connectivity index (χ1n) is 12.4. The van der Waals surface area contributed by atoms with Gasteiger partial charge in [-0.1, -0.05) is 30.3 Å². The van der Waals surface area contributed by atoms with Crippen molar-refractivity contribution in [2.24, 2.45) is 0 Å². The highest BCUT2D eigenvalue weighted by molar-refractivity contribution is 6.06. The van der Waals surface area contributed by atoms with E-state index in [1.807, 2.05) is 36.4 Å². The molecule has 2 aromatic heterocycles. The van der Waals surface area contributed by atoms with E-state index in [2.05, 4.69) is 20.6 Å². The molecule has 2 amide bonds. The van der Waals surface area contributed by atoms with Gasteiger partial charge in [0, 0.05) is 49.8 Å². The molecule has 5 rings (SSSR count). The number of benzene rings is 2. The number of hydrogen-bond donors (Lipinski definition) is 3. The second kappa shape index (κ2) is 11.3. The zero-order chi connectivity index (χ0) is 26.5. The van der Waals surface area contributed by atoms with Crippen molar-refractivity contribution in [3.05, 3.63) is 95.6 Å².